The second kappa shape index (κ2) is 13.8. The number of aryl methyl sites for hydroxylation is 2. The number of fused-ring (bicyclic) bond motifs is 3. The van der Waals surface area contributed by atoms with Crippen LogP contribution >= 0.6 is 0 Å². The fraction of sp³-hybridized carbons (Fsp3) is 0.571. The number of hydrogen-bond donors (Lipinski definition) is 0. The van der Waals surface area contributed by atoms with E-state index in [0.29, 0.717) is 0 Å². The molecule has 0 bridgehead atoms. The molecule has 3 aliphatic carbocycles. The van der Waals surface area contributed by atoms with Gasteiger partial charge < -0.3 is 0 Å². The fourth-order valence-electron chi connectivity index (χ4n) is 8.91. The Morgan fingerprint density at radius 3 is 1.27 bits per heavy atom. The van der Waals surface area contributed by atoms with Crippen LogP contribution in [-0.4, -0.2) is 15.0 Å². The van der Waals surface area contributed by atoms with Crippen LogP contribution in [0.2, 0.25) is 0 Å². The Morgan fingerprint density at radius 1 is 0.423 bits per heavy atom. The summed E-state index contributed by atoms with van der Waals surface area (Å²) in [5, 5.41) is 0. The molecule has 4 aromatic rings. The molecular weight excluding hydrogens is 631 g/mol. The Balaban J connectivity index is 0.000000197. The lowest BCUT2D eigenvalue weighted by atomic mass is 9.62. The van der Waals surface area contributed by atoms with Gasteiger partial charge in [-0.3, -0.25) is 15.0 Å². The number of nitrogens with zero attached hydrogens (tertiary/aromatic N) is 3. The average Bonchev–Trinajstić information content (AvgIpc) is 3.08. The third kappa shape index (κ3) is 7.53. The topological polar surface area (TPSA) is 38.7 Å². The summed E-state index contributed by atoms with van der Waals surface area (Å²) in [4.78, 5) is 14.3. The minimum atomic E-state index is 0.217. The maximum atomic E-state index is 4.96. The molecule has 3 heteroatoms. The summed E-state index contributed by atoms with van der Waals surface area (Å²) in [6.45, 7) is 36.6. The monoisotopic (exact) mass is 700 g/mol. The van der Waals surface area contributed by atoms with Crippen LogP contribution in [0.3, 0.4) is 0 Å². The van der Waals surface area contributed by atoms with Crippen molar-refractivity contribution in [1.29, 1.82) is 0 Å². The second-order valence-electron chi connectivity index (χ2n) is 19.9. The van der Waals surface area contributed by atoms with E-state index in [4.69, 9.17) is 9.97 Å². The zero-order chi connectivity index (χ0) is 38.7. The van der Waals surface area contributed by atoms with Crippen LogP contribution in [0.4, 0.5) is 0 Å². The fourth-order valence-corrected chi connectivity index (χ4v) is 8.91. The van der Waals surface area contributed by atoms with Crippen molar-refractivity contribution in [2.24, 2.45) is 0 Å². The van der Waals surface area contributed by atoms with Gasteiger partial charge >= 0.3 is 0 Å². The van der Waals surface area contributed by atoms with Gasteiger partial charge in [0.15, 0.2) is 0 Å². The van der Waals surface area contributed by atoms with Gasteiger partial charge in [0.1, 0.15) is 0 Å². The van der Waals surface area contributed by atoms with Crippen molar-refractivity contribution in [2.75, 3.05) is 0 Å². The maximum absolute atomic E-state index is 4.96. The SMILES string of the molecule is CC.CC1(C)CCC(C)(C)c2cc(-c3cc4c(cn3)C(C)(C)CCC4(C)C)ccc21.Cc1ccc(-c2cc3c(cn2)C(C)(C)CCC3(C)C)c(C)n1. The van der Waals surface area contributed by atoms with E-state index in [-0.39, 0.29) is 32.5 Å². The molecular formula is C49H69N3. The molecule has 3 nitrogen and oxygen atoms in total. The lowest BCUT2D eigenvalue weighted by Gasteiger charge is -2.42. The van der Waals surface area contributed by atoms with E-state index < -0.39 is 0 Å². The molecule has 280 valence electrons. The smallest absolute Gasteiger partial charge is 0.0723 e. The summed E-state index contributed by atoms with van der Waals surface area (Å²) in [6.07, 6.45) is 11.7. The predicted octanol–water partition coefficient (Wildman–Crippen LogP) is 13.6. The highest BCUT2D eigenvalue weighted by Crippen LogP contribution is 2.49. The minimum absolute atomic E-state index is 0.217. The molecule has 1 aromatic carbocycles. The Bertz CT molecular complexity index is 1860. The Morgan fingerprint density at radius 2 is 0.808 bits per heavy atom. The van der Waals surface area contributed by atoms with Crippen LogP contribution in [0.25, 0.3) is 22.5 Å². The molecule has 3 heterocycles. The zero-order valence-corrected chi connectivity index (χ0v) is 35.8. The second-order valence-corrected chi connectivity index (χ2v) is 19.9. The predicted molar refractivity (Wildman–Crippen MR) is 224 cm³/mol. The van der Waals surface area contributed by atoms with E-state index in [2.05, 4.69) is 150 Å². The standard InChI is InChI=1S/C27H37N.C20H26N2.C2H6/c1-24(2)11-12-25(3,4)20-15-18(9-10-19(20)24)23-16-21-22(17-28-23)27(7,8)14-13-26(21,5)6;1-13-7-8-15(14(2)22-13)18-11-16-17(12-21-18)20(5,6)10-9-19(16,3)4;1-2/h9-10,15-17H,11-14H2,1-8H3;7-8,11-12H,9-10H2,1-6H3;1-2H3. The third-order valence-electron chi connectivity index (χ3n) is 13.1. The van der Waals surface area contributed by atoms with E-state index in [9.17, 15) is 0 Å². The van der Waals surface area contributed by atoms with Crippen LogP contribution < -0.4 is 0 Å². The summed E-state index contributed by atoms with van der Waals surface area (Å²) in [6, 6.07) is 16.0. The highest BCUT2D eigenvalue weighted by molar-refractivity contribution is 5.66. The van der Waals surface area contributed by atoms with Gasteiger partial charge in [-0.15, -0.1) is 0 Å². The molecule has 0 unspecified atom stereocenters. The lowest BCUT2D eigenvalue weighted by molar-refractivity contribution is 0.330. The minimum Gasteiger partial charge on any atom is -0.258 e. The molecule has 0 N–H and O–H groups in total. The van der Waals surface area contributed by atoms with E-state index in [1.807, 2.05) is 20.8 Å². The highest BCUT2D eigenvalue weighted by Gasteiger charge is 2.40. The molecule has 3 aliphatic rings. The van der Waals surface area contributed by atoms with E-state index in [1.54, 1.807) is 0 Å². The molecule has 0 saturated carbocycles. The third-order valence-corrected chi connectivity index (χ3v) is 13.1. The maximum Gasteiger partial charge on any atom is 0.0723 e. The first-order chi connectivity index (χ1) is 24.0. The van der Waals surface area contributed by atoms with Gasteiger partial charge in [0.25, 0.3) is 0 Å². The summed E-state index contributed by atoms with van der Waals surface area (Å²) in [5.41, 5.74) is 16.9. The van der Waals surface area contributed by atoms with Crippen molar-refractivity contribution in [1.82, 2.24) is 15.0 Å². The lowest BCUT2D eigenvalue weighted by Crippen LogP contribution is -2.34. The van der Waals surface area contributed by atoms with Crippen molar-refractivity contribution >= 4 is 0 Å². The number of hydrogen-bond acceptors (Lipinski definition) is 3. The molecule has 0 amide bonds. The molecule has 0 atom stereocenters. The van der Waals surface area contributed by atoms with Gasteiger partial charge in [-0.05, 0) is 149 Å². The largest absolute Gasteiger partial charge is 0.258 e. The van der Waals surface area contributed by atoms with Crippen molar-refractivity contribution in [2.45, 2.75) is 182 Å². The van der Waals surface area contributed by atoms with E-state index in [1.165, 1.54) is 77.5 Å². The normalized spacial score (nSPS) is 20.8. The Kier molecular flexibility index (Phi) is 10.6. The van der Waals surface area contributed by atoms with Gasteiger partial charge in [0, 0.05) is 34.9 Å². The summed E-state index contributed by atoms with van der Waals surface area (Å²) >= 11 is 0. The van der Waals surface area contributed by atoms with Crippen molar-refractivity contribution < 1.29 is 0 Å². The van der Waals surface area contributed by atoms with Crippen LogP contribution in [0.15, 0.2) is 54.9 Å². The zero-order valence-electron chi connectivity index (χ0n) is 35.8. The van der Waals surface area contributed by atoms with Crippen LogP contribution in [-0.2, 0) is 32.5 Å². The number of benzene rings is 1. The first-order valence-electron chi connectivity index (χ1n) is 20.2. The van der Waals surface area contributed by atoms with E-state index in [0.717, 1.165) is 28.3 Å². The molecule has 52 heavy (non-hydrogen) atoms. The quantitative estimate of drug-likeness (QED) is 0.209. The molecule has 0 aliphatic heterocycles. The van der Waals surface area contributed by atoms with Crippen LogP contribution in [0, 0.1) is 13.8 Å². The van der Waals surface area contributed by atoms with Gasteiger partial charge in [-0.25, -0.2) is 0 Å². The molecule has 3 aromatic heterocycles. The first kappa shape index (κ1) is 39.9. The van der Waals surface area contributed by atoms with Crippen molar-refractivity contribution in [3.05, 3.63) is 99.6 Å². The molecule has 0 radical (unpaired) electrons. The van der Waals surface area contributed by atoms with Gasteiger partial charge in [-0.1, -0.05) is 109 Å². The number of rotatable bonds is 2. The van der Waals surface area contributed by atoms with Crippen molar-refractivity contribution in [3.8, 4) is 22.5 Å². The molecule has 0 spiro atoms. The molecule has 0 fully saturated rings. The van der Waals surface area contributed by atoms with Gasteiger partial charge in [0.05, 0.1) is 11.4 Å². The van der Waals surface area contributed by atoms with Crippen LogP contribution in [0.5, 0.6) is 0 Å². The average molecular weight is 700 g/mol. The Labute approximate surface area is 317 Å². The number of aromatic nitrogens is 3. The first-order valence-corrected chi connectivity index (χ1v) is 20.2. The number of pyridine rings is 3. The van der Waals surface area contributed by atoms with Crippen molar-refractivity contribution in [3.63, 3.8) is 0 Å². The Hall–Kier alpha value is -3.33. The molecule has 7 rings (SSSR count). The molecule has 0 saturated heterocycles. The summed E-state index contributed by atoms with van der Waals surface area (Å²) in [7, 11) is 0. The highest BCUT2D eigenvalue weighted by atomic mass is 14.7. The van der Waals surface area contributed by atoms with E-state index >= 15 is 0 Å². The van der Waals surface area contributed by atoms with Crippen LogP contribution in [0.1, 0.15) is 180 Å². The van der Waals surface area contributed by atoms with Gasteiger partial charge in [-0.2, -0.15) is 0 Å². The summed E-state index contributed by atoms with van der Waals surface area (Å²) in [5.74, 6) is 0. The summed E-state index contributed by atoms with van der Waals surface area (Å²) < 4.78 is 0. The van der Waals surface area contributed by atoms with Gasteiger partial charge in [0.2, 0.25) is 0 Å².